The molecule has 2 aromatic carbocycles. The van der Waals surface area contributed by atoms with Gasteiger partial charge in [0.05, 0.1) is 23.2 Å². The van der Waals surface area contributed by atoms with Crippen LogP contribution in [0.2, 0.25) is 0 Å². The van der Waals surface area contributed by atoms with Crippen molar-refractivity contribution in [2.24, 2.45) is 0 Å². The van der Waals surface area contributed by atoms with Crippen LogP contribution in [0.1, 0.15) is 37.1 Å². The molecule has 0 fully saturated rings. The smallest absolute Gasteiger partial charge is 0.188 e. The number of ether oxygens (including phenoxy) is 6. The predicted octanol–water partition coefficient (Wildman–Crippen LogP) is 6.35. The summed E-state index contributed by atoms with van der Waals surface area (Å²) < 4.78 is 32.3. The molecular weight excluding hydrogens is 624 g/mol. The summed E-state index contributed by atoms with van der Waals surface area (Å²) in [6.07, 6.45) is 4.32. The van der Waals surface area contributed by atoms with Crippen LogP contribution in [0.15, 0.2) is 33.2 Å². The van der Waals surface area contributed by atoms with E-state index in [0.29, 0.717) is 44.8 Å². The highest BCUT2D eigenvalue weighted by Gasteiger charge is 2.21. The molecule has 0 radical (unpaired) electrons. The van der Waals surface area contributed by atoms with Crippen LogP contribution < -0.4 is 18.9 Å². The Labute approximate surface area is 241 Å². The van der Waals surface area contributed by atoms with E-state index in [1.54, 1.807) is 33.5 Å². The Bertz CT molecular complexity index is 1200. The Morgan fingerprint density at radius 1 is 0.632 bits per heavy atom. The molecule has 2 aliphatic carbocycles. The molecule has 8 nitrogen and oxygen atoms in total. The van der Waals surface area contributed by atoms with Crippen LogP contribution in [0, 0.1) is 0 Å². The molecule has 0 aliphatic heterocycles. The molecular formula is C28H34Br2O8. The molecule has 0 saturated carbocycles. The number of hydrogen-bond acceptors (Lipinski definition) is 8. The minimum absolute atomic E-state index is 0. The maximum absolute atomic E-state index is 11.7. The maximum atomic E-state index is 11.7. The van der Waals surface area contributed by atoms with Gasteiger partial charge in [0.2, 0.25) is 0 Å². The first-order valence-corrected chi connectivity index (χ1v) is 12.4. The number of fused-ring (bicyclic) bond motifs is 2. The van der Waals surface area contributed by atoms with Gasteiger partial charge in [0, 0.05) is 27.1 Å². The third-order valence-electron chi connectivity index (χ3n) is 5.31. The van der Waals surface area contributed by atoms with E-state index in [0.717, 1.165) is 22.3 Å². The first-order chi connectivity index (χ1) is 17.3. The van der Waals surface area contributed by atoms with Gasteiger partial charge >= 0.3 is 0 Å². The van der Waals surface area contributed by atoms with Crippen molar-refractivity contribution in [2.75, 3.05) is 42.0 Å². The predicted molar refractivity (Wildman–Crippen MR) is 156 cm³/mol. The number of methoxy groups -OCH3 is 4. The summed E-state index contributed by atoms with van der Waals surface area (Å²) >= 11 is 6.50. The average Bonchev–Trinajstić information content (AvgIpc) is 2.87. The zero-order valence-corrected chi connectivity index (χ0v) is 23.5. The van der Waals surface area contributed by atoms with Crippen LogP contribution in [0.5, 0.6) is 23.0 Å². The highest BCUT2D eigenvalue weighted by molar-refractivity contribution is 9.12. The Hall–Kier alpha value is -2.66. The molecule has 2 aliphatic rings. The van der Waals surface area contributed by atoms with E-state index in [1.165, 1.54) is 7.11 Å². The van der Waals surface area contributed by atoms with Crippen LogP contribution in [0.4, 0.5) is 0 Å². The summed E-state index contributed by atoms with van der Waals surface area (Å²) in [5.74, 6) is 2.53. The van der Waals surface area contributed by atoms with Crippen LogP contribution in [0.25, 0.3) is 12.2 Å². The molecule has 0 heterocycles. The molecule has 10 heteroatoms. The van der Waals surface area contributed by atoms with Crippen molar-refractivity contribution in [1.29, 1.82) is 0 Å². The highest BCUT2D eigenvalue weighted by atomic mass is 79.9. The lowest BCUT2D eigenvalue weighted by Gasteiger charge is -2.17. The second-order valence-corrected chi connectivity index (χ2v) is 9.40. The zero-order chi connectivity index (χ0) is 26.2. The number of carbonyl (C=O) groups is 2. The van der Waals surface area contributed by atoms with Gasteiger partial charge in [-0.05, 0) is 90.5 Å². The van der Waals surface area contributed by atoms with Crippen molar-refractivity contribution < 1.29 is 38.0 Å². The summed E-state index contributed by atoms with van der Waals surface area (Å²) in [6.45, 7) is 0.224. The topological polar surface area (TPSA) is 89.5 Å². The van der Waals surface area contributed by atoms with Crippen molar-refractivity contribution in [3.8, 4) is 23.0 Å². The first kappa shape index (κ1) is 33.4. The standard InChI is InChI=1S/C14H15BrO5.C12H11BrO3.2CH4/c1-17-7-19-13-5-9-3-11(15)12(16)4-10(9)6-14(13)20-8-18-2;1-15-11-5-7-3-9(13)10(14)4-8(7)6-12(11)16-2;;/h3,5-6H,4,7-8H2,1-2H3;3,5-6H,4H2,1-2H3;2*1H4. The maximum Gasteiger partial charge on any atom is 0.188 e. The largest absolute Gasteiger partial charge is 0.493 e. The van der Waals surface area contributed by atoms with Crippen LogP contribution in [0.3, 0.4) is 0 Å². The van der Waals surface area contributed by atoms with Gasteiger partial charge in [-0.3, -0.25) is 9.59 Å². The van der Waals surface area contributed by atoms with Crippen LogP contribution in [-0.4, -0.2) is 53.6 Å². The molecule has 0 unspecified atom stereocenters. The van der Waals surface area contributed by atoms with Crippen LogP contribution in [-0.2, 0) is 31.9 Å². The fourth-order valence-corrected chi connectivity index (χ4v) is 4.32. The highest BCUT2D eigenvalue weighted by Crippen LogP contribution is 2.36. The van der Waals surface area contributed by atoms with E-state index in [-0.39, 0.29) is 40.0 Å². The van der Waals surface area contributed by atoms with E-state index in [9.17, 15) is 9.59 Å². The van der Waals surface area contributed by atoms with E-state index in [1.807, 2.05) is 24.3 Å². The number of ketones is 2. The molecule has 208 valence electrons. The minimum Gasteiger partial charge on any atom is -0.493 e. The number of Topliss-reactive ketones (excluding diaryl/α,β-unsaturated/α-hetero) is 2. The molecule has 38 heavy (non-hydrogen) atoms. The Kier molecular flexibility index (Phi) is 13.8. The molecule has 0 bridgehead atoms. The summed E-state index contributed by atoms with van der Waals surface area (Å²) in [4.78, 5) is 23.2. The van der Waals surface area contributed by atoms with E-state index >= 15 is 0 Å². The first-order valence-electron chi connectivity index (χ1n) is 10.8. The van der Waals surface area contributed by atoms with Crippen molar-refractivity contribution >= 4 is 55.6 Å². The lowest BCUT2D eigenvalue weighted by atomic mass is 9.96. The van der Waals surface area contributed by atoms with Gasteiger partial charge in [0.1, 0.15) is 0 Å². The van der Waals surface area contributed by atoms with Gasteiger partial charge in [-0.2, -0.15) is 0 Å². The summed E-state index contributed by atoms with van der Waals surface area (Å²) in [6, 6.07) is 7.35. The van der Waals surface area contributed by atoms with Crippen molar-refractivity contribution in [3.05, 3.63) is 55.5 Å². The Balaban J connectivity index is 0.000000368. The van der Waals surface area contributed by atoms with Gasteiger partial charge in [-0.1, -0.05) is 14.9 Å². The Morgan fingerprint density at radius 3 is 1.42 bits per heavy atom. The van der Waals surface area contributed by atoms with Crippen molar-refractivity contribution in [2.45, 2.75) is 27.7 Å². The molecule has 0 saturated heterocycles. The quantitative estimate of drug-likeness (QED) is 0.304. The lowest BCUT2D eigenvalue weighted by molar-refractivity contribution is -0.115. The molecule has 0 amide bonds. The van der Waals surface area contributed by atoms with E-state index in [4.69, 9.17) is 28.4 Å². The third kappa shape index (κ3) is 8.17. The number of hydrogen-bond donors (Lipinski definition) is 0. The number of halogens is 2. The number of rotatable bonds is 8. The molecule has 0 atom stereocenters. The molecule has 0 spiro atoms. The van der Waals surface area contributed by atoms with Gasteiger partial charge in [0.25, 0.3) is 0 Å². The van der Waals surface area contributed by atoms with Crippen molar-refractivity contribution in [3.63, 3.8) is 0 Å². The van der Waals surface area contributed by atoms with E-state index in [2.05, 4.69) is 31.9 Å². The van der Waals surface area contributed by atoms with Crippen molar-refractivity contribution in [1.82, 2.24) is 0 Å². The second kappa shape index (κ2) is 15.7. The zero-order valence-electron chi connectivity index (χ0n) is 20.3. The van der Waals surface area contributed by atoms with E-state index < -0.39 is 0 Å². The lowest BCUT2D eigenvalue weighted by Crippen LogP contribution is -2.11. The fraction of sp³-hybridized carbons (Fsp3) is 0.357. The normalized spacial score (nSPS) is 13.2. The molecule has 0 N–H and O–H groups in total. The SMILES string of the molecule is C.C.COCOc1cc2c(cc1OCOC)CC(=O)C(Br)=C2.COc1cc2c(cc1OC)CC(=O)C(Br)=C2. The molecule has 4 rings (SSSR count). The van der Waals surface area contributed by atoms with Gasteiger partial charge < -0.3 is 28.4 Å². The monoisotopic (exact) mass is 656 g/mol. The number of carbonyl (C=O) groups excluding carboxylic acids is 2. The van der Waals surface area contributed by atoms with Gasteiger partial charge in [-0.15, -0.1) is 0 Å². The number of benzene rings is 2. The third-order valence-corrected chi connectivity index (χ3v) is 6.66. The Morgan fingerprint density at radius 2 is 1.00 bits per heavy atom. The molecule has 2 aromatic rings. The molecule has 0 aromatic heterocycles. The van der Waals surface area contributed by atoms with Crippen LogP contribution >= 0.6 is 31.9 Å². The minimum atomic E-state index is 0. The summed E-state index contributed by atoms with van der Waals surface area (Å²) in [7, 11) is 6.26. The number of allylic oxidation sites excluding steroid dienone is 2. The fourth-order valence-electron chi connectivity index (χ4n) is 3.55. The summed E-state index contributed by atoms with van der Waals surface area (Å²) in [5, 5.41) is 0. The average molecular weight is 658 g/mol. The second-order valence-electron chi connectivity index (χ2n) is 7.69. The summed E-state index contributed by atoms with van der Waals surface area (Å²) in [5.41, 5.74) is 3.77. The van der Waals surface area contributed by atoms with Gasteiger partial charge in [0.15, 0.2) is 48.2 Å². The van der Waals surface area contributed by atoms with Gasteiger partial charge in [-0.25, -0.2) is 0 Å².